The molecular formula is C25H24N2O4. The van der Waals surface area contributed by atoms with Gasteiger partial charge >= 0.3 is 0 Å². The summed E-state index contributed by atoms with van der Waals surface area (Å²) in [5.74, 6) is 1.06. The molecule has 1 atom stereocenters. The maximum Gasteiger partial charge on any atom is 0.255 e. The van der Waals surface area contributed by atoms with Crippen molar-refractivity contribution in [1.29, 1.82) is 0 Å². The molecule has 0 aromatic heterocycles. The second-order valence-corrected chi connectivity index (χ2v) is 7.23. The lowest BCUT2D eigenvalue weighted by atomic mass is 10.0. The average molecular weight is 416 g/mol. The number of amides is 2. The van der Waals surface area contributed by atoms with Gasteiger partial charge in [0.05, 0.1) is 6.04 Å². The van der Waals surface area contributed by atoms with Crippen LogP contribution in [0.25, 0.3) is 0 Å². The minimum absolute atomic E-state index is 0.152. The van der Waals surface area contributed by atoms with Gasteiger partial charge in [0, 0.05) is 16.8 Å². The molecule has 6 nitrogen and oxygen atoms in total. The maximum atomic E-state index is 12.8. The summed E-state index contributed by atoms with van der Waals surface area (Å²) in [4.78, 5) is 25.0. The van der Waals surface area contributed by atoms with Gasteiger partial charge in [-0.05, 0) is 60.5 Å². The monoisotopic (exact) mass is 416 g/mol. The first-order chi connectivity index (χ1) is 15.1. The number of fused-ring (bicyclic) bond motifs is 1. The summed E-state index contributed by atoms with van der Waals surface area (Å²) >= 11 is 0. The number of anilines is 1. The largest absolute Gasteiger partial charge is 0.486 e. The van der Waals surface area contributed by atoms with Crippen molar-refractivity contribution >= 4 is 17.5 Å². The van der Waals surface area contributed by atoms with Gasteiger partial charge in [-0.2, -0.15) is 0 Å². The summed E-state index contributed by atoms with van der Waals surface area (Å²) in [7, 11) is 0. The number of nitrogens with one attached hydrogen (secondary N) is 2. The highest BCUT2D eigenvalue weighted by Gasteiger charge is 2.18. The number of benzene rings is 3. The average Bonchev–Trinajstić information content (AvgIpc) is 2.83. The SMILES string of the molecule is CCC(NC(=O)c1ccc(NC(=O)c2ccccc2)cc1)c1ccc2c(c1)OCCO2. The molecule has 1 heterocycles. The van der Waals surface area contributed by atoms with Crippen LogP contribution in [0.1, 0.15) is 45.7 Å². The fourth-order valence-corrected chi connectivity index (χ4v) is 3.44. The predicted molar refractivity (Wildman–Crippen MR) is 119 cm³/mol. The maximum absolute atomic E-state index is 12.8. The number of carbonyl (C=O) groups excluding carboxylic acids is 2. The van der Waals surface area contributed by atoms with Gasteiger partial charge in [-0.15, -0.1) is 0 Å². The van der Waals surface area contributed by atoms with Crippen LogP contribution in [0.3, 0.4) is 0 Å². The second-order valence-electron chi connectivity index (χ2n) is 7.23. The van der Waals surface area contributed by atoms with E-state index in [9.17, 15) is 9.59 Å². The number of hydrogen-bond donors (Lipinski definition) is 2. The Labute approximate surface area is 181 Å². The molecule has 0 aliphatic carbocycles. The molecule has 4 rings (SSSR count). The van der Waals surface area contributed by atoms with Crippen LogP contribution in [-0.4, -0.2) is 25.0 Å². The molecule has 158 valence electrons. The van der Waals surface area contributed by atoms with E-state index < -0.39 is 0 Å². The predicted octanol–water partition coefficient (Wildman–Crippen LogP) is 4.59. The standard InChI is InChI=1S/C25H24N2O4/c1-2-21(19-10-13-22-23(16-19)31-15-14-30-22)27-25(29)18-8-11-20(12-9-18)26-24(28)17-6-4-3-5-7-17/h3-13,16,21H,2,14-15H2,1H3,(H,26,28)(H,27,29). The zero-order valence-corrected chi connectivity index (χ0v) is 17.3. The lowest BCUT2D eigenvalue weighted by Crippen LogP contribution is -2.28. The van der Waals surface area contributed by atoms with E-state index in [1.165, 1.54) is 0 Å². The lowest BCUT2D eigenvalue weighted by Gasteiger charge is -2.22. The molecule has 0 radical (unpaired) electrons. The zero-order chi connectivity index (χ0) is 21.6. The van der Waals surface area contributed by atoms with Crippen molar-refractivity contribution in [2.45, 2.75) is 19.4 Å². The minimum Gasteiger partial charge on any atom is -0.486 e. The topological polar surface area (TPSA) is 76.7 Å². The summed E-state index contributed by atoms with van der Waals surface area (Å²) in [6.45, 7) is 3.08. The molecule has 0 saturated carbocycles. The molecule has 0 saturated heterocycles. The van der Waals surface area contributed by atoms with Crippen LogP contribution in [0.2, 0.25) is 0 Å². The molecular weight excluding hydrogens is 392 g/mol. The summed E-state index contributed by atoms with van der Waals surface area (Å²) in [5.41, 5.74) is 2.69. The molecule has 2 amide bonds. The highest BCUT2D eigenvalue weighted by molar-refractivity contribution is 6.04. The Morgan fingerprint density at radius 3 is 2.23 bits per heavy atom. The van der Waals surface area contributed by atoms with Gasteiger partial charge in [-0.3, -0.25) is 9.59 Å². The van der Waals surface area contributed by atoms with Crippen LogP contribution < -0.4 is 20.1 Å². The first-order valence-corrected chi connectivity index (χ1v) is 10.3. The number of hydrogen-bond acceptors (Lipinski definition) is 4. The van der Waals surface area contributed by atoms with E-state index in [2.05, 4.69) is 10.6 Å². The molecule has 6 heteroatoms. The molecule has 0 spiro atoms. The van der Waals surface area contributed by atoms with E-state index in [1.54, 1.807) is 36.4 Å². The van der Waals surface area contributed by atoms with Crippen molar-refractivity contribution in [3.05, 3.63) is 89.5 Å². The van der Waals surface area contributed by atoms with Gasteiger partial charge in [0.1, 0.15) is 13.2 Å². The normalized spacial score (nSPS) is 13.2. The van der Waals surface area contributed by atoms with Crippen LogP contribution in [0, 0.1) is 0 Å². The van der Waals surface area contributed by atoms with Gasteiger partial charge in [-0.25, -0.2) is 0 Å². The first kappa shape index (κ1) is 20.5. The van der Waals surface area contributed by atoms with Crippen LogP contribution in [-0.2, 0) is 0 Å². The van der Waals surface area contributed by atoms with Crippen LogP contribution in [0.4, 0.5) is 5.69 Å². The summed E-state index contributed by atoms with van der Waals surface area (Å²) < 4.78 is 11.2. The Morgan fingerprint density at radius 1 is 0.839 bits per heavy atom. The number of rotatable bonds is 6. The smallest absolute Gasteiger partial charge is 0.255 e. The molecule has 2 N–H and O–H groups in total. The van der Waals surface area contributed by atoms with Crippen LogP contribution >= 0.6 is 0 Å². The van der Waals surface area contributed by atoms with Crippen molar-refractivity contribution in [3.8, 4) is 11.5 Å². The van der Waals surface area contributed by atoms with E-state index >= 15 is 0 Å². The highest BCUT2D eigenvalue weighted by atomic mass is 16.6. The molecule has 1 aliphatic rings. The van der Waals surface area contributed by atoms with E-state index in [0.717, 1.165) is 17.7 Å². The third-order valence-electron chi connectivity index (χ3n) is 5.12. The van der Waals surface area contributed by atoms with Gasteiger partial charge in [-0.1, -0.05) is 31.2 Å². The number of ether oxygens (including phenoxy) is 2. The van der Waals surface area contributed by atoms with E-state index in [0.29, 0.717) is 35.8 Å². The van der Waals surface area contributed by atoms with Gasteiger partial charge in [0.25, 0.3) is 11.8 Å². The fraction of sp³-hybridized carbons (Fsp3) is 0.200. The zero-order valence-electron chi connectivity index (χ0n) is 17.3. The molecule has 0 fully saturated rings. The van der Waals surface area contributed by atoms with Gasteiger partial charge in [0.15, 0.2) is 11.5 Å². The second kappa shape index (κ2) is 9.34. The van der Waals surface area contributed by atoms with Crippen molar-refractivity contribution in [3.63, 3.8) is 0 Å². The molecule has 1 unspecified atom stereocenters. The Bertz CT molecular complexity index is 1060. The lowest BCUT2D eigenvalue weighted by molar-refractivity contribution is 0.0935. The van der Waals surface area contributed by atoms with E-state index in [-0.39, 0.29) is 17.9 Å². The molecule has 3 aromatic rings. The van der Waals surface area contributed by atoms with Gasteiger partial charge < -0.3 is 20.1 Å². The van der Waals surface area contributed by atoms with Crippen molar-refractivity contribution in [2.75, 3.05) is 18.5 Å². The van der Waals surface area contributed by atoms with Crippen LogP contribution in [0.15, 0.2) is 72.8 Å². The van der Waals surface area contributed by atoms with E-state index in [4.69, 9.17) is 9.47 Å². The van der Waals surface area contributed by atoms with Crippen molar-refractivity contribution in [1.82, 2.24) is 5.32 Å². The summed E-state index contributed by atoms with van der Waals surface area (Å²) in [6.07, 6.45) is 0.733. The quantitative estimate of drug-likeness (QED) is 0.616. The van der Waals surface area contributed by atoms with Gasteiger partial charge in [0.2, 0.25) is 0 Å². The Morgan fingerprint density at radius 2 is 1.52 bits per heavy atom. The molecule has 31 heavy (non-hydrogen) atoms. The highest BCUT2D eigenvalue weighted by Crippen LogP contribution is 2.33. The van der Waals surface area contributed by atoms with E-state index in [1.807, 2.05) is 43.3 Å². The Hall–Kier alpha value is -3.80. The molecule has 0 bridgehead atoms. The minimum atomic E-state index is -0.192. The summed E-state index contributed by atoms with van der Waals surface area (Å²) in [5, 5.41) is 5.90. The third kappa shape index (κ3) is 4.86. The van der Waals surface area contributed by atoms with Crippen molar-refractivity contribution in [2.24, 2.45) is 0 Å². The Kier molecular flexibility index (Phi) is 6.17. The Balaban J connectivity index is 1.41. The third-order valence-corrected chi connectivity index (χ3v) is 5.12. The van der Waals surface area contributed by atoms with Crippen LogP contribution in [0.5, 0.6) is 11.5 Å². The van der Waals surface area contributed by atoms with Crippen molar-refractivity contribution < 1.29 is 19.1 Å². The number of carbonyl (C=O) groups is 2. The molecule has 3 aromatic carbocycles. The first-order valence-electron chi connectivity index (χ1n) is 10.3. The fourth-order valence-electron chi connectivity index (χ4n) is 3.44. The summed E-state index contributed by atoms with van der Waals surface area (Å²) in [6, 6.07) is 21.4. The molecule has 1 aliphatic heterocycles.